The summed E-state index contributed by atoms with van der Waals surface area (Å²) in [5.41, 5.74) is 2.68. The first-order valence-electron chi connectivity index (χ1n) is 10.3. The third-order valence-electron chi connectivity index (χ3n) is 5.42. The van der Waals surface area contributed by atoms with Gasteiger partial charge in [0.05, 0.1) is 29.5 Å². The lowest BCUT2D eigenvalue weighted by molar-refractivity contribution is 0.221. The molecule has 1 aliphatic heterocycles. The smallest absolute Gasteiger partial charge is 0.158 e. The van der Waals surface area contributed by atoms with Crippen LogP contribution in [0.5, 0.6) is 0 Å². The molecule has 6 nitrogen and oxygen atoms in total. The molecule has 0 saturated heterocycles. The number of alkyl halides is 1. The van der Waals surface area contributed by atoms with E-state index in [1.54, 1.807) is 32.3 Å². The summed E-state index contributed by atoms with van der Waals surface area (Å²) in [6, 6.07) is 11.6. The fourth-order valence-electron chi connectivity index (χ4n) is 3.70. The number of anilines is 3. The number of rotatable bonds is 5. The Bertz CT molecular complexity index is 1080. The van der Waals surface area contributed by atoms with Gasteiger partial charge in [-0.05, 0) is 44.0 Å². The molecule has 1 aromatic carbocycles. The van der Waals surface area contributed by atoms with Crippen LogP contribution in [-0.2, 0) is 5.67 Å². The van der Waals surface area contributed by atoms with Crippen molar-refractivity contribution in [3.05, 3.63) is 73.1 Å². The van der Waals surface area contributed by atoms with Gasteiger partial charge in [-0.25, -0.2) is 19.3 Å². The fourth-order valence-corrected chi connectivity index (χ4v) is 3.70. The maximum atomic E-state index is 14.5. The first kappa shape index (κ1) is 20.8. The summed E-state index contributed by atoms with van der Waals surface area (Å²) in [6.07, 6.45) is 5.86. The van der Waals surface area contributed by atoms with Crippen molar-refractivity contribution < 1.29 is 4.39 Å². The third-order valence-corrected chi connectivity index (χ3v) is 5.42. The van der Waals surface area contributed by atoms with Crippen LogP contribution in [0.25, 0.3) is 11.3 Å². The molecule has 0 aliphatic carbocycles. The lowest BCUT2D eigenvalue weighted by Crippen LogP contribution is -2.28. The molecule has 0 saturated carbocycles. The minimum Gasteiger partial charge on any atom is -0.372 e. The van der Waals surface area contributed by atoms with E-state index >= 15 is 0 Å². The molecule has 1 aliphatic rings. The van der Waals surface area contributed by atoms with E-state index in [-0.39, 0.29) is 0 Å². The Kier molecular flexibility index (Phi) is 5.59. The van der Waals surface area contributed by atoms with Crippen molar-refractivity contribution in [2.45, 2.75) is 25.9 Å². The van der Waals surface area contributed by atoms with Crippen molar-refractivity contribution in [2.75, 3.05) is 35.3 Å². The van der Waals surface area contributed by atoms with Crippen molar-refractivity contribution in [1.82, 2.24) is 15.0 Å². The second-order valence-corrected chi connectivity index (χ2v) is 8.22. The molecule has 0 atom stereocenters. The van der Waals surface area contributed by atoms with Crippen molar-refractivity contribution in [3.8, 4) is 11.3 Å². The van der Waals surface area contributed by atoms with Crippen LogP contribution < -0.4 is 15.1 Å². The first-order valence-corrected chi connectivity index (χ1v) is 10.3. The molecule has 160 valence electrons. The van der Waals surface area contributed by atoms with Gasteiger partial charge >= 0.3 is 0 Å². The molecular formula is C24H27FN6. The van der Waals surface area contributed by atoms with Gasteiger partial charge in [-0.15, -0.1) is 0 Å². The maximum absolute atomic E-state index is 14.5. The van der Waals surface area contributed by atoms with Gasteiger partial charge in [0, 0.05) is 25.7 Å². The molecule has 3 heterocycles. The standard InChI is InChI=1S/C24H27FN6/c1-17(28-20-14-26-16-27-15-20)31-12-6-11-30(4)22-10-9-21(29-23(22)31)18-7-5-8-19(13-18)24(2,3)25/h5,7-10,13-16,28H,1,6,11-12H2,2-4H3. The van der Waals surface area contributed by atoms with Crippen molar-refractivity contribution >= 4 is 17.2 Å². The number of benzene rings is 1. The van der Waals surface area contributed by atoms with E-state index < -0.39 is 5.67 Å². The first-order chi connectivity index (χ1) is 14.8. The van der Waals surface area contributed by atoms with Gasteiger partial charge in [0.25, 0.3) is 0 Å². The molecule has 3 aromatic rings. The summed E-state index contributed by atoms with van der Waals surface area (Å²) < 4.78 is 14.5. The largest absolute Gasteiger partial charge is 0.372 e. The fraction of sp³-hybridized carbons (Fsp3) is 0.292. The molecule has 7 heteroatoms. The molecular weight excluding hydrogens is 391 g/mol. The summed E-state index contributed by atoms with van der Waals surface area (Å²) in [6.45, 7) is 9.05. The Hall–Kier alpha value is -3.48. The highest BCUT2D eigenvalue weighted by atomic mass is 19.1. The van der Waals surface area contributed by atoms with E-state index in [0.29, 0.717) is 11.4 Å². The summed E-state index contributed by atoms with van der Waals surface area (Å²) in [7, 11) is 2.07. The average molecular weight is 419 g/mol. The van der Waals surface area contributed by atoms with Gasteiger partial charge in [0.15, 0.2) is 5.82 Å². The van der Waals surface area contributed by atoms with Gasteiger partial charge < -0.3 is 15.1 Å². The summed E-state index contributed by atoms with van der Waals surface area (Å²) in [5, 5.41) is 3.28. The van der Waals surface area contributed by atoms with Crippen LogP contribution in [0.15, 0.2) is 67.5 Å². The summed E-state index contributed by atoms with van der Waals surface area (Å²) >= 11 is 0. The SMILES string of the molecule is C=C(Nc1cncnc1)N1CCCN(C)c2ccc(-c3cccc(C(C)(C)F)c3)nc21. The Labute approximate surface area is 182 Å². The van der Waals surface area contributed by atoms with Crippen LogP contribution in [0.3, 0.4) is 0 Å². The van der Waals surface area contributed by atoms with E-state index in [1.807, 2.05) is 24.3 Å². The monoisotopic (exact) mass is 418 g/mol. The summed E-state index contributed by atoms with van der Waals surface area (Å²) in [4.78, 5) is 17.4. The van der Waals surface area contributed by atoms with Crippen LogP contribution >= 0.6 is 0 Å². The minimum absolute atomic E-state index is 0.630. The zero-order chi connectivity index (χ0) is 22.0. The van der Waals surface area contributed by atoms with Crippen LogP contribution in [0.1, 0.15) is 25.8 Å². The van der Waals surface area contributed by atoms with Gasteiger partial charge in [0.2, 0.25) is 0 Å². The number of nitrogens with zero attached hydrogens (tertiary/aromatic N) is 5. The minimum atomic E-state index is -1.41. The number of nitrogens with one attached hydrogen (secondary N) is 1. The van der Waals surface area contributed by atoms with Gasteiger partial charge in [0.1, 0.15) is 17.8 Å². The van der Waals surface area contributed by atoms with Crippen LogP contribution in [-0.4, -0.2) is 35.1 Å². The van der Waals surface area contributed by atoms with Crippen LogP contribution in [0, 0.1) is 0 Å². The quantitative estimate of drug-likeness (QED) is 0.631. The number of halogens is 1. The second kappa shape index (κ2) is 8.34. The van der Waals surface area contributed by atoms with Gasteiger partial charge in [-0.2, -0.15) is 0 Å². The number of hydrogen-bond donors (Lipinski definition) is 1. The molecule has 31 heavy (non-hydrogen) atoms. The lowest BCUT2D eigenvalue weighted by atomic mass is 9.97. The molecule has 1 N–H and O–H groups in total. The van der Waals surface area contributed by atoms with E-state index in [9.17, 15) is 4.39 Å². The zero-order valence-corrected chi connectivity index (χ0v) is 18.1. The zero-order valence-electron chi connectivity index (χ0n) is 18.1. The second-order valence-electron chi connectivity index (χ2n) is 8.22. The van der Waals surface area contributed by atoms with Crippen molar-refractivity contribution in [1.29, 1.82) is 0 Å². The van der Waals surface area contributed by atoms with E-state index in [1.165, 1.54) is 6.33 Å². The molecule has 0 radical (unpaired) electrons. The Balaban J connectivity index is 1.73. The number of pyridine rings is 1. The van der Waals surface area contributed by atoms with Crippen LogP contribution in [0.4, 0.5) is 21.6 Å². The average Bonchev–Trinajstić information content (AvgIpc) is 2.92. The number of aromatic nitrogens is 3. The maximum Gasteiger partial charge on any atom is 0.158 e. The Morgan fingerprint density at radius 1 is 1.13 bits per heavy atom. The lowest BCUT2D eigenvalue weighted by Gasteiger charge is -2.27. The highest BCUT2D eigenvalue weighted by Crippen LogP contribution is 2.35. The predicted molar refractivity (Wildman–Crippen MR) is 124 cm³/mol. The predicted octanol–water partition coefficient (Wildman–Crippen LogP) is 4.97. The van der Waals surface area contributed by atoms with E-state index in [4.69, 9.17) is 4.98 Å². The molecule has 2 aromatic heterocycles. The highest BCUT2D eigenvalue weighted by molar-refractivity contribution is 5.75. The number of hydrogen-bond acceptors (Lipinski definition) is 6. The molecule has 0 unspecified atom stereocenters. The molecule has 0 amide bonds. The molecule has 0 fully saturated rings. The van der Waals surface area contributed by atoms with E-state index in [0.717, 1.165) is 48.0 Å². The Morgan fingerprint density at radius 2 is 1.90 bits per heavy atom. The highest BCUT2D eigenvalue weighted by Gasteiger charge is 2.24. The molecule has 0 spiro atoms. The topological polar surface area (TPSA) is 57.2 Å². The normalized spacial score (nSPS) is 14.1. The molecule has 0 bridgehead atoms. The Morgan fingerprint density at radius 3 is 2.65 bits per heavy atom. The van der Waals surface area contributed by atoms with Gasteiger partial charge in [-0.3, -0.25) is 0 Å². The van der Waals surface area contributed by atoms with Gasteiger partial charge in [-0.1, -0.05) is 24.8 Å². The van der Waals surface area contributed by atoms with Crippen molar-refractivity contribution in [3.63, 3.8) is 0 Å². The van der Waals surface area contributed by atoms with Crippen LogP contribution in [0.2, 0.25) is 0 Å². The summed E-state index contributed by atoms with van der Waals surface area (Å²) in [5.74, 6) is 1.52. The molecule has 4 rings (SSSR count). The van der Waals surface area contributed by atoms with Crippen molar-refractivity contribution in [2.24, 2.45) is 0 Å². The third kappa shape index (κ3) is 4.50. The van der Waals surface area contributed by atoms with E-state index in [2.05, 4.69) is 44.8 Å². The number of fused-ring (bicyclic) bond motifs is 1.